The highest BCUT2D eigenvalue weighted by Crippen LogP contribution is 2.22. The van der Waals surface area contributed by atoms with Gasteiger partial charge < -0.3 is 4.74 Å². The number of halogens is 2. The summed E-state index contributed by atoms with van der Waals surface area (Å²) in [7, 11) is 0. The SMILES string of the molecule is CCOc1cncc(C(=O)c2cc(F)ccc2Br)c1. The van der Waals surface area contributed by atoms with E-state index in [0.29, 0.717) is 22.4 Å². The van der Waals surface area contributed by atoms with Gasteiger partial charge in [0, 0.05) is 21.8 Å². The molecule has 1 aromatic carbocycles. The van der Waals surface area contributed by atoms with Crippen molar-refractivity contribution in [1.29, 1.82) is 0 Å². The van der Waals surface area contributed by atoms with Crippen LogP contribution in [0.4, 0.5) is 4.39 Å². The molecule has 1 aromatic heterocycles. The molecule has 0 saturated heterocycles. The van der Waals surface area contributed by atoms with E-state index >= 15 is 0 Å². The van der Waals surface area contributed by atoms with Gasteiger partial charge in [0.05, 0.1) is 12.8 Å². The molecule has 0 fully saturated rings. The molecule has 19 heavy (non-hydrogen) atoms. The van der Waals surface area contributed by atoms with Crippen LogP contribution in [0.15, 0.2) is 41.1 Å². The quantitative estimate of drug-likeness (QED) is 0.807. The fourth-order valence-electron chi connectivity index (χ4n) is 1.62. The summed E-state index contributed by atoms with van der Waals surface area (Å²) in [5.74, 6) is -0.248. The van der Waals surface area contributed by atoms with Gasteiger partial charge in [-0.05, 0) is 31.2 Å². The lowest BCUT2D eigenvalue weighted by atomic mass is 10.0. The summed E-state index contributed by atoms with van der Waals surface area (Å²) in [6, 6.07) is 5.58. The topological polar surface area (TPSA) is 39.2 Å². The second-order valence-electron chi connectivity index (χ2n) is 3.80. The highest BCUT2D eigenvalue weighted by molar-refractivity contribution is 9.10. The van der Waals surface area contributed by atoms with Crippen molar-refractivity contribution in [3.05, 3.63) is 58.1 Å². The Balaban J connectivity index is 2.38. The van der Waals surface area contributed by atoms with E-state index in [4.69, 9.17) is 4.74 Å². The van der Waals surface area contributed by atoms with Crippen molar-refractivity contribution in [3.8, 4) is 5.75 Å². The summed E-state index contributed by atoms with van der Waals surface area (Å²) >= 11 is 3.24. The van der Waals surface area contributed by atoms with Gasteiger partial charge >= 0.3 is 0 Å². The first kappa shape index (κ1) is 13.7. The number of hydrogen-bond donors (Lipinski definition) is 0. The summed E-state index contributed by atoms with van der Waals surface area (Å²) in [6.45, 7) is 2.33. The van der Waals surface area contributed by atoms with Crippen molar-refractivity contribution in [2.24, 2.45) is 0 Å². The van der Waals surface area contributed by atoms with Crippen molar-refractivity contribution in [3.63, 3.8) is 0 Å². The number of ether oxygens (including phenoxy) is 1. The third kappa shape index (κ3) is 3.17. The lowest BCUT2D eigenvalue weighted by molar-refractivity contribution is 0.103. The van der Waals surface area contributed by atoms with Crippen LogP contribution in [0.1, 0.15) is 22.8 Å². The van der Waals surface area contributed by atoms with Gasteiger partial charge in [0.25, 0.3) is 0 Å². The molecule has 2 rings (SSSR count). The molecule has 98 valence electrons. The molecule has 0 saturated carbocycles. The van der Waals surface area contributed by atoms with Gasteiger partial charge in [0.1, 0.15) is 11.6 Å². The van der Waals surface area contributed by atoms with Crippen molar-refractivity contribution < 1.29 is 13.9 Å². The average molecular weight is 324 g/mol. The Bertz CT molecular complexity index is 616. The molecular weight excluding hydrogens is 313 g/mol. The Morgan fingerprint density at radius 1 is 1.37 bits per heavy atom. The molecule has 0 aliphatic rings. The number of aromatic nitrogens is 1. The minimum atomic E-state index is -0.458. The van der Waals surface area contributed by atoms with Gasteiger partial charge in [0.2, 0.25) is 0 Å². The Morgan fingerprint density at radius 2 is 2.16 bits per heavy atom. The second-order valence-corrected chi connectivity index (χ2v) is 4.65. The Morgan fingerprint density at radius 3 is 2.89 bits per heavy atom. The fraction of sp³-hybridized carbons (Fsp3) is 0.143. The Hall–Kier alpha value is -1.75. The van der Waals surface area contributed by atoms with Crippen molar-refractivity contribution in [1.82, 2.24) is 4.98 Å². The summed E-state index contributed by atoms with van der Waals surface area (Å²) in [5, 5.41) is 0. The minimum absolute atomic E-state index is 0.260. The second kappa shape index (κ2) is 5.93. The predicted molar refractivity (Wildman–Crippen MR) is 72.9 cm³/mol. The molecule has 1 heterocycles. The summed E-state index contributed by atoms with van der Waals surface area (Å²) in [4.78, 5) is 16.2. The zero-order valence-electron chi connectivity index (χ0n) is 10.2. The highest BCUT2D eigenvalue weighted by Gasteiger charge is 2.14. The molecule has 0 radical (unpaired) electrons. The maximum atomic E-state index is 13.2. The first-order valence-corrected chi connectivity index (χ1v) is 6.48. The molecule has 2 aromatic rings. The number of ketones is 1. The lowest BCUT2D eigenvalue weighted by Crippen LogP contribution is -2.04. The third-order valence-corrected chi connectivity index (χ3v) is 3.15. The van der Waals surface area contributed by atoms with Gasteiger partial charge in [-0.3, -0.25) is 9.78 Å². The predicted octanol–water partition coefficient (Wildman–Crippen LogP) is 3.61. The number of carbonyl (C=O) groups excluding carboxylic acids is 1. The van der Waals surface area contributed by atoms with E-state index < -0.39 is 5.82 Å². The van der Waals surface area contributed by atoms with Gasteiger partial charge in [-0.1, -0.05) is 15.9 Å². The minimum Gasteiger partial charge on any atom is -0.492 e. The Labute approximate surface area is 118 Å². The normalized spacial score (nSPS) is 10.3. The van der Waals surface area contributed by atoms with Crippen molar-refractivity contribution >= 4 is 21.7 Å². The van der Waals surface area contributed by atoms with Gasteiger partial charge in [0.15, 0.2) is 5.78 Å². The number of rotatable bonds is 4. The van der Waals surface area contributed by atoms with Crippen LogP contribution in [-0.4, -0.2) is 17.4 Å². The highest BCUT2D eigenvalue weighted by atomic mass is 79.9. The van der Waals surface area contributed by atoms with E-state index in [1.165, 1.54) is 30.6 Å². The first-order chi connectivity index (χ1) is 9.11. The lowest BCUT2D eigenvalue weighted by Gasteiger charge is -2.06. The van der Waals surface area contributed by atoms with Crippen molar-refractivity contribution in [2.45, 2.75) is 6.92 Å². The molecule has 0 unspecified atom stereocenters. The molecule has 0 aliphatic heterocycles. The van der Waals surface area contributed by atoms with Crippen molar-refractivity contribution in [2.75, 3.05) is 6.61 Å². The maximum absolute atomic E-state index is 13.2. The maximum Gasteiger partial charge on any atom is 0.195 e. The third-order valence-electron chi connectivity index (χ3n) is 2.46. The molecule has 0 atom stereocenters. The molecule has 0 amide bonds. The molecule has 5 heteroatoms. The van der Waals surface area contributed by atoms with E-state index in [1.54, 1.807) is 6.07 Å². The smallest absolute Gasteiger partial charge is 0.195 e. The van der Waals surface area contributed by atoms with Gasteiger partial charge in [-0.15, -0.1) is 0 Å². The standard InChI is InChI=1S/C14H11BrFNO2/c1-2-19-11-5-9(7-17-8-11)14(18)12-6-10(16)3-4-13(12)15/h3-8H,2H2,1H3. The van der Waals surface area contributed by atoms with Crippen LogP contribution in [0.25, 0.3) is 0 Å². The summed E-state index contributed by atoms with van der Waals surface area (Å²) < 4.78 is 19.0. The van der Waals surface area contributed by atoms with Crippen LogP contribution < -0.4 is 4.74 Å². The first-order valence-electron chi connectivity index (χ1n) is 5.69. The van der Waals surface area contributed by atoms with Crippen LogP contribution in [0.5, 0.6) is 5.75 Å². The van der Waals surface area contributed by atoms with E-state index in [0.717, 1.165) is 0 Å². The molecule has 0 aliphatic carbocycles. The van der Waals surface area contributed by atoms with Gasteiger partial charge in [-0.25, -0.2) is 4.39 Å². The van der Waals surface area contributed by atoms with E-state index in [9.17, 15) is 9.18 Å². The van der Waals surface area contributed by atoms with E-state index in [1.807, 2.05) is 6.92 Å². The largest absolute Gasteiger partial charge is 0.492 e. The summed E-state index contributed by atoms with van der Waals surface area (Å²) in [5.41, 5.74) is 0.618. The number of pyridine rings is 1. The number of benzene rings is 1. The van der Waals surface area contributed by atoms with E-state index in [2.05, 4.69) is 20.9 Å². The van der Waals surface area contributed by atoms with E-state index in [-0.39, 0.29) is 11.3 Å². The molecule has 0 N–H and O–H groups in total. The molecule has 0 spiro atoms. The van der Waals surface area contributed by atoms with Crippen LogP contribution in [0, 0.1) is 5.82 Å². The zero-order valence-corrected chi connectivity index (χ0v) is 11.8. The monoisotopic (exact) mass is 323 g/mol. The number of nitrogens with zero attached hydrogens (tertiary/aromatic N) is 1. The summed E-state index contributed by atoms with van der Waals surface area (Å²) in [6.07, 6.45) is 2.96. The van der Waals surface area contributed by atoms with Crippen LogP contribution in [0.2, 0.25) is 0 Å². The van der Waals surface area contributed by atoms with Gasteiger partial charge in [-0.2, -0.15) is 0 Å². The Kier molecular flexibility index (Phi) is 4.27. The fourth-order valence-corrected chi connectivity index (χ4v) is 2.04. The average Bonchev–Trinajstić information content (AvgIpc) is 2.41. The van der Waals surface area contributed by atoms with Crippen LogP contribution >= 0.6 is 15.9 Å². The molecule has 3 nitrogen and oxygen atoms in total. The molecule has 0 bridgehead atoms. The number of carbonyl (C=O) groups is 1. The van der Waals surface area contributed by atoms with Crippen LogP contribution in [-0.2, 0) is 0 Å². The number of hydrogen-bond acceptors (Lipinski definition) is 3. The zero-order chi connectivity index (χ0) is 13.8. The van der Waals surface area contributed by atoms with Crippen LogP contribution in [0.3, 0.4) is 0 Å². The molecular formula is C14H11BrFNO2.